The largest absolute Gasteiger partial charge is 0.447 e. The van der Waals surface area contributed by atoms with Gasteiger partial charge in [0.1, 0.15) is 5.76 Å². The maximum Gasteiger partial charge on any atom is 0.274 e. The molecule has 19 heavy (non-hydrogen) atoms. The molecule has 1 heterocycles. The van der Waals surface area contributed by atoms with E-state index in [4.69, 9.17) is 9.15 Å². The maximum absolute atomic E-state index is 12.1. The number of hydrogen-bond donors (Lipinski definition) is 2. The Morgan fingerprint density at radius 2 is 2.05 bits per heavy atom. The van der Waals surface area contributed by atoms with Crippen LogP contribution >= 0.6 is 0 Å². The lowest BCUT2D eigenvalue weighted by atomic mass is 10.1. The lowest BCUT2D eigenvalue weighted by molar-refractivity contribution is 0.141. The molecule has 0 unspecified atom stereocenters. The Bertz CT molecular complexity index is 494. The average Bonchev–Trinajstić information content (AvgIpc) is 2.73. The van der Waals surface area contributed by atoms with E-state index in [0.717, 1.165) is 6.54 Å². The highest BCUT2D eigenvalue weighted by molar-refractivity contribution is 7.89. The monoisotopic (exact) mass is 290 g/mol. The van der Waals surface area contributed by atoms with Gasteiger partial charge in [-0.15, -0.1) is 0 Å². The molecular formula is C12H22N2O4S. The molecule has 0 fully saturated rings. The first-order valence-electron chi connectivity index (χ1n) is 6.13. The van der Waals surface area contributed by atoms with E-state index in [9.17, 15) is 8.42 Å². The van der Waals surface area contributed by atoms with Crippen LogP contribution in [0.25, 0.3) is 0 Å². The number of methoxy groups -OCH3 is 1. The molecular weight excluding hydrogens is 268 g/mol. The number of hydrogen-bond acceptors (Lipinski definition) is 5. The van der Waals surface area contributed by atoms with E-state index in [1.807, 2.05) is 6.92 Å². The molecule has 1 aromatic heterocycles. The van der Waals surface area contributed by atoms with Gasteiger partial charge in [-0.05, 0) is 32.5 Å². The lowest BCUT2D eigenvalue weighted by Crippen LogP contribution is -2.46. The van der Waals surface area contributed by atoms with Gasteiger partial charge >= 0.3 is 0 Å². The Kier molecular flexibility index (Phi) is 5.54. The zero-order chi connectivity index (χ0) is 14.5. The highest BCUT2D eigenvalue weighted by atomic mass is 32.2. The highest BCUT2D eigenvalue weighted by Crippen LogP contribution is 2.16. The summed E-state index contributed by atoms with van der Waals surface area (Å²) in [5, 5.41) is 2.99. The number of nitrogens with one attached hydrogen (secondary N) is 2. The Morgan fingerprint density at radius 3 is 2.63 bits per heavy atom. The topological polar surface area (TPSA) is 80.6 Å². The third-order valence-corrected chi connectivity index (χ3v) is 3.94. The first kappa shape index (κ1) is 16.2. The van der Waals surface area contributed by atoms with Crippen LogP contribution in [-0.2, 0) is 21.3 Å². The van der Waals surface area contributed by atoms with E-state index in [1.54, 1.807) is 19.9 Å². The standard InChI is InChI=1S/C12H22N2O4S/c1-5-13-8-10-6-7-11(18-10)19(15,16)14-12(2,3)9-17-4/h6-7,13-14H,5,8-9H2,1-4H3. The van der Waals surface area contributed by atoms with Crippen molar-refractivity contribution >= 4 is 10.0 Å². The second-order valence-corrected chi connectivity index (χ2v) is 6.54. The van der Waals surface area contributed by atoms with Gasteiger partial charge in [0.2, 0.25) is 5.09 Å². The molecule has 0 aliphatic heterocycles. The van der Waals surface area contributed by atoms with Crippen molar-refractivity contribution < 1.29 is 17.6 Å². The third-order valence-electron chi connectivity index (χ3n) is 2.37. The van der Waals surface area contributed by atoms with Crippen LogP contribution in [0.1, 0.15) is 26.5 Å². The summed E-state index contributed by atoms with van der Waals surface area (Å²) in [6, 6.07) is 3.11. The Labute approximate surface area is 114 Å². The number of rotatable bonds is 8. The van der Waals surface area contributed by atoms with E-state index in [0.29, 0.717) is 12.3 Å². The molecule has 0 spiro atoms. The second-order valence-electron chi connectivity index (χ2n) is 4.92. The van der Waals surface area contributed by atoms with Gasteiger partial charge in [-0.2, -0.15) is 0 Å². The van der Waals surface area contributed by atoms with Gasteiger partial charge in [0.05, 0.1) is 18.7 Å². The normalized spacial score (nSPS) is 12.8. The van der Waals surface area contributed by atoms with Crippen LogP contribution in [0.4, 0.5) is 0 Å². The molecule has 0 aromatic carbocycles. The van der Waals surface area contributed by atoms with Gasteiger partial charge in [0, 0.05) is 7.11 Å². The molecule has 0 bridgehead atoms. The van der Waals surface area contributed by atoms with Crippen molar-refractivity contribution in [3.8, 4) is 0 Å². The summed E-state index contributed by atoms with van der Waals surface area (Å²) in [5.74, 6) is 0.590. The smallest absolute Gasteiger partial charge is 0.274 e. The van der Waals surface area contributed by atoms with E-state index in [2.05, 4.69) is 10.0 Å². The van der Waals surface area contributed by atoms with Gasteiger partial charge in [-0.3, -0.25) is 0 Å². The van der Waals surface area contributed by atoms with E-state index < -0.39 is 15.6 Å². The predicted octanol–water partition coefficient (Wildman–Crippen LogP) is 1.09. The summed E-state index contributed by atoms with van der Waals surface area (Å²) < 4.78 is 37.1. The van der Waals surface area contributed by atoms with Crippen molar-refractivity contribution in [2.75, 3.05) is 20.3 Å². The van der Waals surface area contributed by atoms with Crippen molar-refractivity contribution in [3.63, 3.8) is 0 Å². The zero-order valence-corrected chi connectivity index (χ0v) is 12.6. The van der Waals surface area contributed by atoms with E-state index in [1.165, 1.54) is 13.2 Å². The molecule has 0 radical (unpaired) electrons. The van der Waals surface area contributed by atoms with Crippen LogP contribution in [0.2, 0.25) is 0 Å². The maximum atomic E-state index is 12.1. The Balaban J connectivity index is 2.80. The first-order chi connectivity index (χ1) is 8.80. The van der Waals surface area contributed by atoms with Crippen LogP contribution < -0.4 is 10.0 Å². The summed E-state index contributed by atoms with van der Waals surface area (Å²) in [6.07, 6.45) is 0. The van der Waals surface area contributed by atoms with Gasteiger partial charge < -0.3 is 14.5 Å². The molecule has 0 saturated heterocycles. The minimum atomic E-state index is -3.67. The SMILES string of the molecule is CCNCc1ccc(S(=O)(=O)NC(C)(C)COC)o1. The lowest BCUT2D eigenvalue weighted by Gasteiger charge is -2.24. The van der Waals surface area contributed by atoms with E-state index in [-0.39, 0.29) is 11.7 Å². The molecule has 0 aliphatic carbocycles. The molecule has 1 aromatic rings. The van der Waals surface area contributed by atoms with Crippen molar-refractivity contribution in [1.29, 1.82) is 0 Å². The molecule has 0 amide bonds. The Hall–Kier alpha value is -0.890. The fraction of sp³-hybridized carbons (Fsp3) is 0.667. The van der Waals surface area contributed by atoms with Crippen molar-refractivity contribution in [2.24, 2.45) is 0 Å². The molecule has 110 valence electrons. The number of furan rings is 1. The minimum Gasteiger partial charge on any atom is -0.447 e. The van der Waals surface area contributed by atoms with Gasteiger partial charge in [-0.25, -0.2) is 13.1 Å². The number of sulfonamides is 1. The van der Waals surface area contributed by atoms with Crippen LogP contribution in [-0.4, -0.2) is 34.2 Å². The third kappa shape index (κ3) is 4.94. The molecule has 2 N–H and O–H groups in total. The molecule has 0 atom stereocenters. The van der Waals surface area contributed by atoms with Gasteiger partial charge in [-0.1, -0.05) is 6.92 Å². The summed E-state index contributed by atoms with van der Waals surface area (Å²) in [6.45, 7) is 7.04. The fourth-order valence-electron chi connectivity index (χ4n) is 1.65. The number of ether oxygens (including phenoxy) is 1. The molecule has 6 nitrogen and oxygen atoms in total. The van der Waals surface area contributed by atoms with Gasteiger partial charge in [0.15, 0.2) is 0 Å². The van der Waals surface area contributed by atoms with E-state index >= 15 is 0 Å². The van der Waals surface area contributed by atoms with Gasteiger partial charge in [0.25, 0.3) is 10.0 Å². The molecule has 7 heteroatoms. The summed E-state index contributed by atoms with van der Waals surface area (Å²) in [5.41, 5.74) is -0.692. The average molecular weight is 290 g/mol. The first-order valence-corrected chi connectivity index (χ1v) is 7.61. The quantitative estimate of drug-likeness (QED) is 0.749. The van der Waals surface area contributed by atoms with Crippen LogP contribution in [0.3, 0.4) is 0 Å². The molecule has 0 saturated carbocycles. The fourth-order valence-corrected chi connectivity index (χ4v) is 3.00. The van der Waals surface area contributed by atoms with Crippen LogP contribution in [0.15, 0.2) is 21.6 Å². The highest BCUT2D eigenvalue weighted by Gasteiger charge is 2.28. The zero-order valence-electron chi connectivity index (χ0n) is 11.8. The van der Waals surface area contributed by atoms with Crippen molar-refractivity contribution in [2.45, 2.75) is 37.9 Å². The molecule has 0 aliphatic rings. The second kappa shape index (κ2) is 6.51. The predicted molar refractivity (Wildman–Crippen MR) is 72.4 cm³/mol. The summed E-state index contributed by atoms with van der Waals surface area (Å²) in [7, 11) is -2.14. The summed E-state index contributed by atoms with van der Waals surface area (Å²) >= 11 is 0. The minimum absolute atomic E-state index is 0.0791. The van der Waals surface area contributed by atoms with Crippen molar-refractivity contribution in [3.05, 3.63) is 17.9 Å². The summed E-state index contributed by atoms with van der Waals surface area (Å²) in [4.78, 5) is 0. The Morgan fingerprint density at radius 1 is 1.37 bits per heavy atom. The van der Waals surface area contributed by atoms with Crippen LogP contribution in [0, 0.1) is 0 Å². The van der Waals surface area contributed by atoms with Crippen LogP contribution in [0.5, 0.6) is 0 Å². The van der Waals surface area contributed by atoms with Crippen molar-refractivity contribution in [1.82, 2.24) is 10.0 Å². The molecule has 1 rings (SSSR count).